The number of fused-ring (bicyclic) bond motifs is 1. The van der Waals surface area contributed by atoms with Gasteiger partial charge in [0, 0.05) is 13.2 Å². The van der Waals surface area contributed by atoms with Crippen molar-refractivity contribution in [3.05, 3.63) is 64.8 Å². The number of hydrogen-bond acceptors (Lipinski definition) is 3. The third kappa shape index (κ3) is 3.00. The van der Waals surface area contributed by atoms with E-state index in [2.05, 4.69) is 44.4 Å². The first-order chi connectivity index (χ1) is 10.3. The second kappa shape index (κ2) is 6.14. The van der Waals surface area contributed by atoms with Gasteiger partial charge in [-0.2, -0.15) is 0 Å². The van der Waals surface area contributed by atoms with Gasteiger partial charge in [-0.05, 0) is 50.5 Å². The van der Waals surface area contributed by atoms with Crippen LogP contribution in [0.1, 0.15) is 5.56 Å². The molecule has 3 nitrogen and oxygen atoms in total. The predicted molar refractivity (Wildman–Crippen MR) is 89.8 cm³/mol. The molecule has 1 heterocycles. The number of rotatable bonds is 4. The highest BCUT2D eigenvalue weighted by Gasteiger charge is 2.06. The van der Waals surface area contributed by atoms with Gasteiger partial charge in [-0.25, -0.2) is 4.98 Å². The van der Waals surface area contributed by atoms with Crippen LogP contribution >= 0.6 is 15.9 Å². The maximum Gasteiger partial charge on any atom is 0.134 e. The maximum absolute atomic E-state index is 5.93. The summed E-state index contributed by atoms with van der Waals surface area (Å²) in [5.41, 5.74) is 1.08. The molecule has 0 aliphatic rings. The van der Waals surface area contributed by atoms with Gasteiger partial charge in [-0.3, -0.25) is 0 Å². The number of anilines is 1. The number of benzene rings is 2. The fourth-order valence-electron chi connectivity index (χ4n) is 2.19. The minimum absolute atomic E-state index is 0.508. The lowest BCUT2D eigenvalue weighted by Gasteiger charge is -2.11. The minimum Gasteiger partial charge on any atom is -0.488 e. The lowest BCUT2D eigenvalue weighted by atomic mass is 10.1. The van der Waals surface area contributed by atoms with Gasteiger partial charge in [0.2, 0.25) is 0 Å². The SMILES string of the molecule is CNc1cc(COc2ccc3ccccc3c2Br)ccn1. The van der Waals surface area contributed by atoms with Crippen LogP contribution in [0, 0.1) is 0 Å². The zero-order chi connectivity index (χ0) is 14.7. The van der Waals surface area contributed by atoms with E-state index >= 15 is 0 Å². The Hall–Kier alpha value is -2.07. The summed E-state index contributed by atoms with van der Waals surface area (Å²) in [5, 5.41) is 5.37. The highest BCUT2D eigenvalue weighted by molar-refractivity contribution is 9.10. The number of nitrogens with zero attached hydrogens (tertiary/aromatic N) is 1. The molecule has 0 atom stereocenters. The van der Waals surface area contributed by atoms with Crippen molar-refractivity contribution in [1.82, 2.24) is 4.98 Å². The molecule has 0 spiro atoms. The van der Waals surface area contributed by atoms with Crippen molar-refractivity contribution in [1.29, 1.82) is 0 Å². The molecule has 1 N–H and O–H groups in total. The number of halogens is 1. The monoisotopic (exact) mass is 342 g/mol. The van der Waals surface area contributed by atoms with Crippen LogP contribution in [-0.2, 0) is 6.61 Å². The van der Waals surface area contributed by atoms with E-state index in [1.165, 1.54) is 5.39 Å². The first-order valence-corrected chi connectivity index (χ1v) is 7.50. The Labute approximate surface area is 132 Å². The van der Waals surface area contributed by atoms with E-state index < -0.39 is 0 Å². The molecule has 0 saturated carbocycles. The smallest absolute Gasteiger partial charge is 0.134 e. The molecule has 0 aliphatic heterocycles. The second-order valence-corrected chi connectivity index (χ2v) is 5.48. The topological polar surface area (TPSA) is 34.1 Å². The molecular weight excluding hydrogens is 328 g/mol. The Kier molecular flexibility index (Phi) is 4.06. The van der Waals surface area contributed by atoms with Crippen LogP contribution in [0.3, 0.4) is 0 Å². The van der Waals surface area contributed by atoms with Crippen LogP contribution in [0.5, 0.6) is 5.75 Å². The number of hydrogen-bond donors (Lipinski definition) is 1. The van der Waals surface area contributed by atoms with Crippen LogP contribution in [0.15, 0.2) is 59.2 Å². The molecule has 0 unspecified atom stereocenters. The van der Waals surface area contributed by atoms with Gasteiger partial charge in [0.05, 0.1) is 4.47 Å². The molecule has 0 fully saturated rings. The van der Waals surface area contributed by atoms with E-state index in [9.17, 15) is 0 Å². The molecule has 1 aromatic heterocycles. The summed E-state index contributed by atoms with van der Waals surface area (Å²) in [7, 11) is 1.85. The Morgan fingerprint density at radius 2 is 2.00 bits per heavy atom. The second-order valence-electron chi connectivity index (χ2n) is 4.69. The van der Waals surface area contributed by atoms with Gasteiger partial charge in [0.25, 0.3) is 0 Å². The van der Waals surface area contributed by atoms with Crippen molar-refractivity contribution in [3.63, 3.8) is 0 Å². The number of nitrogens with one attached hydrogen (secondary N) is 1. The lowest BCUT2D eigenvalue weighted by molar-refractivity contribution is 0.304. The molecule has 3 rings (SSSR count). The van der Waals surface area contributed by atoms with Crippen LogP contribution in [0.2, 0.25) is 0 Å². The van der Waals surface area contributed by atoms with Gasteiger partial charge in [0.1, 0.15) is 18.2 Å². The van der Waals surface area contributed by atoms with Crippen molar-refractivity contribution >= 4 is 32.5 Å². The fourth-order valence-corrected chi connectivity index (χ4v) is 2.79. The molecule has 0 saturated heterocycles. The Balaban J connectivity index is 1.83. The molecule has 21 heavy (non-hydrogen) atoms. The Morgan fingerprint density at radius 3 is 2.86 bits per heavy atom. The molecular formula is C17H15BrN2O. The van der Waals surface area contributed by atoms with Crippen molar-refractivity contribution < 1.29 is 4.74 Å². The van der Waals surface area contributed by atoms with Gasteiger partial charge >= 0.3 is 0 Å². The van der Waals surface area contributed by atoms with E-state index in [0.29, 0.717) is 6.61 Å². The van der Waals surface area contributed by atoms with E-state index in [1.807, 2.05) is 37.4 Å². The summed E-state index contributed by atoms with van der Waals surface area (Å²) in [6.07, 6.45) is 1.78. The molecule has 0 aliphatic carbocycles. The maximum atomic E-state index is 5.93. The molecule has 0 bridgehead atoms. The zero-order valence-corrected chi connectivity index (χ0v) is 13.2. The average Bonchev–Trinajstić information content (AvgIpc) is 2.55. The Morgan fingerprint density at radius 1 is 1.14 bits per heavy atom. The van der Waals surface area contributed by atoms with Crippen LogP contribution in [0.25, 0.3) is 10.8 Å². The van der Waals surface area contributed by atoms with Crippen LogP contribution < -0.4 is 10.1 Å². The van der Waals surface area contributed by atoms with Crippen LogP contribution in [0.4, 0.5) is 5.82 Å². The van der Waals surface area contributed by atoms with E-state index in [0.717, 1.165) is 27.0 Å². The lowest BCUT2D eigenvalue weighted by Crippen LogP contribution is -1.99. The first-order valence-electron chi connectivity index (χ1n) is 6.70. The van der Waals surface area contributed by atoms with Gasteiger partial charge < -0.3 is 10.1 Å². The average molecular weight is 343 g/mol. The number of ether oxygens (including phenoxy) is 1. The molecule has 3 aromatic rings. The molecule has 0 radical (unpaired) electrons. The predicted octanol–water partition coefficient (Wildman–Crippen LogP) is 4.62. The molecule has 106 valence electrons. The number of pyridine rings is 1. The molecule has 0 amide bonds. The van der Waals surface area contributed by atoms with Crippen molar-refractivity contribution in [3.8, 4) is 5.75 Å². The minimum atomic E-state index is 0.508. The summed E-state index contributed by atoms with van der Waals surface area (Å²) in [4.78, 5) is 4.20. The normalized spacial score (nSPS) is 10.6. The van der Waals surface area contributed by atoms with Crippen molar-refractivity contribution in [2.45, 2.75) is 6.61 Å². The van der Waals surface area contributed by atoms with E-state index in [4.69, 9.17) is 4.74 Å². The first kappa shape index (κ1) is 13.9. The van der Waals surface area contributed by atoms with Crippen LogP contribution in [-0.4, -0.2) is 12.0 Å². The van der Waals surface area contributed by atoms with Gasteiger partial charge in [-0.15, -0.1) is 0 Å². The van der Waals surface area contributed by atoms with Gasteiger partial charge in [0.15, 0.2) is 0 Å². The zero-order valence-electron chi connectivity index (χ0n) is 11.6. The summed E-state index contributed by atoms with van der Waals surface area (Å²) in [5.74, 6) is 1.69. The number of aromatic nitrogens is 1. The summed E-state index contributed by atoms with van der Waals surface area (Å²) >= 11 is 3.63. The van der Waals surface area contributed by atoms with Crippen molar-refractivity contribution in [2.24, 2.45) is 0 Å². The standard InChI is InChI=1S/C17H15BrN2O/c1-19-16-10-12(8-9-20-16)11-21-15-7-6-13-4-2-3-5-14(13)17(15)18/h2-10H,11H2,1H3,(H,19,20). The van der Waals surface area contributed by atoms with Crippen molar-refractivity contribution in [2.75, 3.05) is 12.4 Å². The largest absolute Gasteiger partial charge is 0.488 e. The summed E-state index contributed by atoms with van der Waals surface area (Å²) in [6, 6.07) is 16.2. The summed E-state index contributed by atoms with van der Waals surface area (Å²) in [6.45, 7) is 0.508. The van der Waals surface area contributed by atoms with E-state index in [1.54, 1.807) is 6.20 Å². The highest BCUT2D eigenvalue weighted by atomic mass is 79.9. The summed E-state index contributed by atoms with van der Waals surface area (Å²) < 4.78 is 6.92. The van der Waals surface area contributed by atoms with E-state index in [-0.39, 0.29) is 0 Å². The van der Waals surface area contributed by atoms with Gasteiger partial charge in [-0.1, -0.05) is 30.3 Å². The Bertz CT molecular complexity index is 774. The fraction of sp³-hybridized carbons (Fsp3) is 0.118. The third-order valence-electron chi connectivity index (χ3n) is 3.30. The third-order valence-corrected chi connectivity index (χ3v) is 4.12. The molecule has 4 heteroatoms. The highest BCUT2D eigenvalue weighted by Crippen LogP contribution is 2.33. The molecule has 2 aromatic carbocycles. The quantitative estimate of drug-likeness (QED) is 0.751.